The smallest absolute Gasteiger partial charge is 0.241 e. The molecule has 1 fully saturated rings. The molecule has 1 aliphatic rings. The third kappa shape index (κ3) is 2.50. The number of hydrogen-bond donors (Lipinski definition) is 2. The van der Waals surface area contributed by atoms with E-state index in [2.05, 4.69) is 4.72 Å². The van der Waals surface area contributed by atoms with E-state index < -0.39 is 15.6 Å². The van der Waals surface area contributed by atoms with Crippen LogP contribution in [-0.2, 0) is 14.8 Å². The summed E-state index contributed by atoms with van der Waals surface area (Å²) in [5.74, 6) is 0. The lowest BCUT2D eigenvalue weighted by molar-refractivity contribution is 0.0957. The predicted molar refractivity (Wildman–Crippen MR) is 69.6 cm³/mol. The van der Waals surface area contributed by atoms with Gasteiger partial charge in [-0.25, -0.2) is 13.1 Å². The Hall–Kier alpha value is -1.11. The predicted octanol–water partition coefficient (Wildman–Crippen LogP) is 1.11. The van der Waals surface area contributed by atoms with Gasteiger partial charge in [0.2, 0.25) is 10.0 Å². The molecule has 0 aliphatic carbocycles. The molecular formula is C12H18N2O3S. The van der Waals surface area contributed by atoms with Crippen LogP contribution < -0.4 is 10.5 Å². The molecule has 0 bridgehead atoms. The fourth-order valence-corrected chi connectivity index (χ4v) is 3.48. The number of sulfonamides is 1. The highest BCUT2D eigenvalue weighted by molar-refractivity contribution is 7.89. The Bertz CT molecular complexity index is 527. The third-order valence-electron chi connectivity index (χ3n) is 3.44. The first-order valence-electron chi connectivity index (χ1n) is 5.85. The van der Waals surface area contributed by atoms with Crippen molar-refractivity contribution < 1.29 is 13.2 Å². The van der Waals surface area contributed by atoms with E-state index in [0.717, 1.165) is 0 Å². The van der Waals surface area contributed by atoms with Crippen molar-refractivity contribution in [3.63, 3.8) is 0 Å². The molecule has 18 heavy (non-hydrogen) atoms. The number of rotatable bonds is 3. The molecule has 3 N–H and O–H groups in total. The van der Waals surface area contributed by atoms with E-state index in [1.54, 1.807) is 12.1 Å². The Morgan fingerprint density at radius 2 is 2.00 bits per heavy atom. The second-order valence-corrected chi connectivity index (χ2v) is 6.54. The summed E-state index contributed by atoms with van der Waals surface area (Å²) in [6, 6.07) is 6.15. The number of ether oxygens (including phenoxy) is 1. The van der Waals surface area contributed by atoms with Crippen LogP contribution in [0.1, 0.15) is 20.3 Å². The molecule has 1 aliphatic heterocycles. The first-order valence-corrected chi connectivity index (χ1v) is 7.33. The second-order valence-electron chi connectivity index (χ2n) is 4.86. The number of hydrogen-bond acceptors (Lipinski definition) is 4. The van der Waals surface area contributed by atoms with Gasteiger partial charge in [-0.3, -0.25) is 0 Å². The zero-order chi connectivity index (χ0) is 13.4. The number of nitrogen functional groups attached to an aromatic ring is 1. The van der Waals surface area contributed by atoms with Gasteiger partial charge >= 0.3 is 0 Å². The molecule has 6 heteroatoms. The van der Waals surface area contributed by atoms with Gasteiger partial charge in [0.05, 0.1) is 16.5 Å². The zero-order valence-electron chi connectivity index (χ0n) is 10.5. The highest BCUT2D eigenvalue weighted by atomic mass is 32.2. The van der Waals surface area contributed by atoms with Crippen molar-refractivity contribution in [1.29, 1.82) is 0 Å². The summed E-state index contributed by atoms with van der Waals surface area (Å²) in [5.41, 5.74) is 5.53. The molecule has 100 valence electrons. The topological polar surface area (TPSA) is 81.4 Å². The average molecular weight is 270 g/mol. The lowest BCUT2D eigenvalue weighted by atomic mass is 9.97. The monoisotopic (exact) mass is 270 g/mol. The van der Waals surface area contributed by atoms with Crippen LogP contribution in [0.3, 0.4) is 0 Å². The molecule has 0 radical (unpaired) electrons. The van der Waals surface area contributed by atoms with Crippen molar-refractivity contribution in [2.24, 2.45) is 0 Å². The van der Waals surface area contributed by atoms with E-state index in [0.29, 0.717) is 18.7 Å². The van der Waals surface area contributed by atoms with E-state index in [-0.39, 0.29) is 11.0 Å². The minimum atomic E-state index is -3.54. The minimum absolute atomic E-state index is 0.138. The zero-order valence-corrected chi connectivity index (χ0v) is 11.3. The molecular weight excluding hydrogens is 252 g/mol. The number of anilines is 1. The number of benzene rings is 1. The van der Waals surface area contributed by atoms with Gasteiger partial charge in [0.15, 0.2) is 0 Å². The molecule has 1 heterocycles. The summed E-state index contributed by atoms with van der Waals surface area (Å²) in [4.78, 5) is 0.219. The SMILES string of the molecule is CC1OCCC1(C)NS(=O)(=O)c1ccc(N)cc1. The van der Waals surface area contributed by atoms with E-state index >= 15 is 0 Å². The summed E-state index contributed by atoms with van der Waals surface area (Å²) in [6.45, 7) is 4.31. The van der Waals surface area contributed by atoms with Crippen LogP contribution in [0.4, 0.5) is 5.69 Å². The van der Waals surface area contributed by atoms with Gasteiger partial charge in [-0.15, -0.1) is 0 Å². The summed E-state index contributed by atoms with van der Waals surface area (Å²) in [5, 5.41) is 0. The lowest BCUT2D eigenvalue weighted by Gasteiger charge is -2.28. The first kappa shape index (κ1) is 13.3. The Morgan fingerprint density at radius 1 is 1.39 bits per heavy atom. The molecule has 1 aromatic carbocycles. The van der Waals surface area contributed by atoms with Crippen LogP contribution in [-0.4, -0.2) is 26.7 Å². The van der Waals surface area contributed by atoms with Crippen molar-refractivity contribution in [2.45, 2.75) is 36.8 Å². The van der Waals surface area contributed by atoms with Gasteiger partial charge in [-0.1, -0.05) is 0 Å². The molecule has 0 aromatic heterocycles. The molecule has 0 amide bonds. The standard InChI is InChI=1S/C12H18N2O3S/c1-9-12(2,7-8-17-9)14-18(15,16)11-5-3-10(13)4-6-11/h3-6,9,14H,7-8,13H2,1-2H3. The van der Waals surface area contributed by atoms with Crippen LogP contribution in [0.15, 0.2) is 29.2 Å². The summed E-state index contributed by atoms with van der Waals surface area (Å²) < 4.78 is 32.6. The van der Waals surface area contributed by atoms with Crippen molar-refractivity contribution in [1.82, 2.24) is 4.72 Å². The molecule has 2 rings (SSSR count). The molecule has 1 aromatic rings. The van der Waals surface area contributed by atoms with Gasteiger partial charge in [0.1, 0.15) is 0 Å². The van der Waals surface area contributed by atoms with E-state index in [1.807, 2.05) is 13.8 Å². The highest BCUT2D eigenvalue weighted by Gasteiger charge is 2.40. The maximum absolute atomic E-state index is 12.2. The van der Waals surface area contributed by atoms with E-state index in [4.69, 9.17) is 10.5 Å². The van der Waals surface area contributed by atoms with Crippen LogP contribution in [0.25, 0.3) is 0 Å². The number of nitrogens with one attached hydrogen (secondary N) is 1. The van der Waals surface area contributed by atoms with Gasteiger partial charge in [-0.05, 0) is 44.5 Å². The Balaban J connectivity index is 2.25. The second kappa shape index (κ2) is 4.53. The largest absolute Gasteiger partial charge is 0.399 e. The van der Waals surface area contributed by atoms with Gasteiger partial charge in [-0.2, -0.15) is 0 Å². The van der Waals surface area contributed by atoms with E-state index in [9.17, 15) is 8.42 Å². The van der Waals surface area contributed by atoms with Gasteiger partial charge in [0, 0.05) is 12.3 Å². The highest BCUT2D eigenvalue weighted by Crippen LogP contribution is 2.27. The maximum Gasteiger partial charge on any atom is 0.241 e. The molecule has 1 saturated heterocycles. The third-order valence-corrected chi connectivity index (χ3v) is 5.07. The van der Waals surface area contributed by atoms with Crippen LogP contribution >= 0.6 is 0 Å². The van der Waals surface area contributed by atoms with Crippen LogP contribution in [0.2, 0.25) is 0 Å². The summed E-state index contributed by atoms with van der Waals surface area (Å²) in [6.07, 6.45) is 0.531. The summed E-state index contributed by atoms with van der Waals surface area (Å²) >= 11 is 0. The van der Waals surface area contributed by atoms with Crippen LogP contribution in [0, 0.1) is 0 Å². The fourth-order valence-electron chi connectivity index (χ4n) is 1.98. The molecule has 5 nitrogen and oxygen atoms in total. The van der Waals surface area contributed by atoms with Gasteiger partial charge < -0.3 is 10.5 Å². The fraction of sp³-hybridized carbons (Fsp3) is 0.500. The normalized spacial score (nSPS) is 28.4. The van der Waals surface area contributed by atoms with Crippen molar-refractivity contribution in [3.05, 3.63) is 24.3 Å². The Labute approximate surface area is 107 Å². The molecule has 2 unspecified atom stereocenters. The number of nitrogens with two attached hydrogens (primary N) is 1. The molecule has 0 saturated carbocycles. The minimum Gasteiger partial charge on any atom is -0.399 e. The quantitative estimate of drug-likeness (QED) is 0.806. The van der Waals surface area contributed by atoms with Gasteiger partial charge in [0.25, 0.3) is 0 Å². The maximum atomic E-state index is 12.2. The van der Waals surface area contributed by atoms with Crippen molar-refractivity contribution in [2.75, 3.05) is 12.3 Å². The van der Waals surface area contributed by atoms with Crippen LogP contribution in [0.5, 0.6) is 0 Å². The molecule has 2 atom stereocenters. The van der Waals surface area contributed by atoms with Crippen molar-refractivity contribution >= 4 is 15.7 Å². The van der Waals surface area contributed by atoms with Crippen molar-refractivity contribution in [3.8, 4) is 0 Å². The summed E-state index contributed by atoms with van der Waals surface area (Å²) in [7, 11) is -3.54. The van der Waals surface area contributed by atoms with E-state index in [1.165, 1.54) is 12.1 Å². The Kier molecular flexibility index (Phi) is 3.35. The average Bonchev–Trinajstić information content (AvgIpc) is 2.58. The molecule has 0 spiro atoms. The Morgan fingerprint density at radius 3 is 2.50 bits per heavy atom. The lowest BCUT2D eigenvalue weighted by Crippen LogP contribution is -2.50. The first-order chi connectivity index (χ1) is 8.33.